The first-order valence-corrected chi connectivity index (χ1v) is 11.3. The summed E-state index contributed by atoms with van der Waals surface area (Å²) in [6.45, 7) is 7.91. The van der Waals surface area contributed by atoms with Crippen LogP contribution in [0.1, 0.15) is 5.56 Å². The number of halogens is 2. The van der Waals surface area contributed by atoms with Gasteiger partial charge in [0.05, 0.1) is 8.07 Å². The van der Waals surface area contributed by atoms with Gasteiger partial charge in [0.1, 0.15) is 0 Å². The molecule has 0 saturated carbocycles. The SMILES string of the molecule is C[Si](C)(C)c1ccc(CNc2ccc(Cl)cc2Br)cc1. The summed E-state index contributed by atoms with van der Waals surface area (Å²) in [5.41, 5.74) is 2.34. The number of anilines is 1. The van der Waals surface area contributed by atoms with E-state index < -0.39 is 8.07 Å². The highest BCUT2D eigenvalue weighted by Gasteiger charge is 2.15. The molecule has 2 aromatic carbocycles. The summed E-state index contributed by atoms with van der Waals surface area (Å²) >= 11 is 9.46. The fourth-order valence-electron chi connectivity index (χ4n) is 1.95. The lowest BCUT2D eigenvalue weighted by atomic mass is 10.2. The van der Waals surface area contributed by atoms with E-state index in [4.69, 9.17) is 11.6 Å². The van der Waals surface area contributed by atoms with Crippen LogP contribution in [0.5, 0.6) is 0 Å². The van der Waals surface area contributed by atoms with Gasteiger partial charge in [-0.1, -0.05) is 60.7 Å². The summed E-state index contributed by atoms with van der Waals surface area (Å²) in [6, 6.07) is 14.7. The van der Waals surface area contributed by atoms with Gasteiger partial charge in [-0.2, -0.15) is 0 Å². The van der Waals surface area contributed by atoms with Crippen molar-refractivity contribution in [3.05, 3.63) is 57.5 Å². The summed E-state index contributed by atoms with van der Waals surface area (Å²) in [5, 5.41) is 5.65. The van der Waals surface area contributed by atoms with E-state index in [0.717, 1.165) is 21.7 Å². The van der Waals surface area contributed by atoms with Gasteiger partial charge in [0, 0.05) is 21.7 Å². The van der Waals surface area contributed by atoms with Crippen molar-refractivity contribution in [1.82, 2.24) is 0 Å². The second kappa shape index (κ2) is 6.33. The van der Waals surface area contributed by atoms with Crippen molar-refractivity contribution in [3.8, 4) is 0 Å². The Bertz CT molecular complexity index is 590. The molecule has 20 heavy (non-hydrogen) atoms. The van der Waals surface area contributed by atoms with Crippen molar-refractivity contribution in [2.45, 2.75) is 26.2 Å². The van der Waals surface area contributed by atoms with E-state index in [1.54, 1.807) is 0 Å². The smallest absolute Gasteiger partial charge is 0.0775 e. The Kier molecular flexibility index (Phi) is 4.94. The minimum Gasteiger partial charge on any atom is -0.380 e. The summed E-state index contributed by atoms with van der Waals surface area (Å²) in [7, 11) is -1.20. The minimum atomic E-state index is -1.20. The van der Waals surface area contributed by atoms with Crippen LogP contribution in [0.3, 0.4) is 0 Å². The molecular weight excluding hydrogens is 350 g/mol. The standard InChI is InChI=1S/C16H19BrClNSi/c1-20(2,3)14-7-4-12(5-8-14)11-19-16-9-6-13(18)10-15(16)17/h4-10,19H,11H2,1-3H3. The molecule has 0 heterocycles. The molecule has 0 atom stereocenters. The maximum Gasteiger partial charge on any atom is 0.0775 e. The highest BCUT2D eigenvalue weighted by molar-refractivity contribution is 9.10. The van der Waals surface area contributed by atoms with Crippen molar-refractivity contribution in [3.63, 3.8) is 0 Å². The molecule has 0 saturated heterocycles. The molecule has 0 spiro atoms. The molecule has 0 aliphatic carbocycles. The third kappa shape index (κ3) is 4.11. The molecule has 0 unspecified atom stereocenters. The Hall–Kier alpha value is -0.773. The Morgan fingerprint density at radius 3 is 2.25 bits per heavy atom. The predicted octanol–water partition coefficient (Wildman–Crippen LogP) is 5.26. The zero-order valence-corrected chi connectivity index (χ0v) is 15.3. The molecule has 0 radical (unpaired) electrons. The average molecular weight is 369 g/mol. The van der Waals surface area contributed by atoms with Gasteiger partial charge in [0.2, 0.25) is 0 Å². The van der Waals surface area contributed by atoms with Crippen molar-refractivity contribution in [2.24, 2.45) is 0 Å². The molecule has 0 aliphatic rings. The second-order valence-electron chi connectivity index (χ2n) is 5.92. The van der Waals surface area contributed by atoms with E-state index >= 15 is 0 Å². The predicted molar refractivity (Wildman–Crippen MR) is 95.9 cm³/mol. The van der Waals surface area contributed by atoms with E-state index in [0.29, 0.717) is 0 Å². The van der Waals surface area contributed by atoms with E-state index in [2.05, 4.69) is 65.2 Å². The number of benzene rings is 2. The average Bonchev–Trinajstić information content (AvgIpc) is 2.37. The molecule has 0 aromatic heterocycles. The van der Waals surface area contributed by atoms with Crippen LogP contribution in [0.4, 0.5) is 5.69 Å². The molecule has 0 bridgehead atoms. The van der Waals surface area contributed by atoms with Crippen LogP contribution < -0.4 is 10.5 Å². The molecule has 2 aromatic rings. The highest BCUT2D eigenvalue weighted by atomic mass is 79.9. The van der Waals surface area contributed by atoms with Crippen molar-refractivity contribution in [1.29, 1.82) is 0 Å². The van der Waals surface area contributed by atoms with Gasteiger partial charge in [-0.3, -0.25) is 0 Å². The summed E-state index contributed by atoms with van der Waals surface area (Å²) in [5.74, 6) is 0. The Balaban J connectivity index is 2.04. The first-order chi connectivity index (χ1) is 9.36. The van der Waals surface area contributed by atoms with Crippen molar-refractivity contribution >= 4 is 46.5 Å². The minimum absolute atomic E-state index is 0.738. The molecule has 4 heteroatoms. The Labute approximate surface area is 135 Å². The topological polar surface area (TPSA) is 12.0 Å². The van der Waals surface area contributed by atoms with Crippen LogP contribution in [-0.4, -0.2) is 8.07 Å². The van der Waals surface area contributed by atoms with Crippen LogP contribution in [-0.2, 0) is 6.54 Å². The Morgan fingerprint density at radius 1 is 1.05 bits per heavy atom. The first kappa shape index (κ1) is 15.6. The molecule has 2 rings (SSSR count). The van der Waals surface area contributed by atoms with Crippen LogP contribution in [0, 0.1) is 0 Å². The van der Waals surface area contributed by atoms with Gasteiger partial charge in [-0.05, 0) is 39.7 Å². The van der Waals surface area contributed by atoms with Crippen molar-refractivity contribution in [2.75, 3.05) is 5.32 Å². The van der Waals surface area contributed by atoms with Crippen LogP contribution in [0.25, 0.3) is 0 Å². The second-order valence-corrected chi connectivity index (χ2v) is 12.3. The largest absolute Gasteiger partial charge is 0.380 e. The maximum absolute atomic E-state index is 5.94. The fourth-order valence-corrected chi connectivity index (χ4v) is 3.94. The fraction of sp³-hybridized carbons (Fsp3) is 0.250. The molecule has 0 aliphatic heterocycles. The van der Waals surface area contributed by atoms with Gasteiger partial charge >= 0.3 is 0 Å². The lowest BCUT2D eigenvalue weighted by Gasteiger charge is -2.17. The van der Waals surface area contributed by atoms with Gasteiger partial charge in [0.25, 0.3) is 0 Å². The van der Waals surface area contributed by atoms with Gasteiger partial charge in [-0.25, -0.2) is 0 Å². The third-order valence-electron chi connectivity index (χ3n) is 3.23. The maximum atomic E-state index is 5.94. The van der Waals surface area contributed by atoms with Gasteiger partial charge < -0.3 is 5.32 Å². The normalized spacial score (nSPS) is 11.4. The van der Waals surface area contributed by atoms with Crippen LogP contribution in [0.15, 0.2) is 46.9 Å². The summed E-state index contributed by atoms with van der Waals surface area (Å²) in [4.78, 5) is 0. The highest BCUT2D eigenvalue weighted by Crippen LogP contribution is 2.26. The molecule has 106 valence electrons. The molecule has 1 nitrogen and oxygen atoms in total. The number of hydrogen-bond donors (Lipinski definition) is 1. The summed E-state index contributed by atoms with van der Waals surface area (Å²) in [6.07, 6.45) is 0. The first-order valence-electron chi connectivity index (χ1n) is 6.64. The van der Waals surface area contributed by atoms with Crippen LogP contribution in [0.2, 0.25) is 24.7 Å². The van der Waals surface area contributed by atoms with Crippen molar-refractivity contribution < 1.29 is 0 Å². The number of hydrogen-bond acceptors (Lipinski definition) is 1. The van der Waals surface area contributed by atoms with E-state index in [9.17, 15) is 0 Å². The third-order valence-corrected chi connectivity index (χ3v) is 6.19. The zero-order chi connectivity index (χ0) is 14.8. The van der Waals surface area contributed by atoms with Crippen LogP contribution >= 0.6 is 27.5 Å². The van der Waals surface area contributed by atoms with E-state index in [-0.39, 0.29) is 0 Å². The molecule has 0 fully saturated rings. The molecular formula is C16H19BrClNSi. The van der Waals surface area contributed by atoms with E-state index in [1.807, 2.05) is 18.2 Å². The summed E-state index contributed by atoms with van der Waals surface area (Å²) < 4.78 is 0.990. The zero-order valence-electron chi connectivity index (χ0n) is 12.0. The number of nitrogens with one attached hydrogen (secondary N) is 1. The molecule has 1 N–H and O–H groups in total. The van der Waals surface area contributed by atoms with E-state index in [1.165, 1.54) is 10.8 Å². The van der Waals surface area contributed by atoms with Gasteiger partial charge in [-0.15, -0.1) is 0 Å². The number of rotatable bonds is 4. The lowest BCUT2D eigenvalue weighted by molar-refractivity contribution is 1.15. The van der Waals surface area contributed by atoms with Gasteiger partial charge in [0.15, 0.2) is 0 Å². The lowest BCUT2D eigenvalue weighted by Crippen LogP contribution is -2.37. The molecule has 0 amide bonds. The quantitative estimate of drug-likeness (QED) is 0.726. The monoisotopic (exact) mass is 367 g/mol. The Morgan fingerprint density at radius 2 is 1.70 bits per heavy atom.